The Labute approximate surface area is 200 Å². The Hall–Kier alpha value is -2.26. The third-order valence-electron chi connectivity index (χ3n) is 5.93. The smallest absolute Gasteiger partial charge is 0.291 e. The van der Waals surface area contributed by atoms with Crippen molar-refractivity contribution in [3.05, 3.63) is 23.5 Å². The van der Waals surface area contributed by atoms with E-state index in [1.54, 1.807) is 17.6 Å². The summed E-state index contributed by atoms with van der Waals surface area (Å²) < 4.78 is 68.0. The summed E-state index contributed by atoms with van der Waals surface area (Å²) in [4.78, 5) is 6.54. The van der Waals surface area contributed by atoms with Crippen LogP contribution in [-0.4, -0.2) is 73.1 Å². The number of rotatable bonds is 8. The van der Waals surface area contributed by atoms with Crippen LogP contribution in [0.15, 0.2) is 23.4 Å². The van der Waals surface area contributed by atoms with Gasteiger partial charge in [-0.3, -0.25) is 4.40 Å². The summed E-state index contributed by atoms with van der Waals surface area (Å²) in [6.45, 7) is 3.70. The van der Waals surface area contributed by atoms with E-state index in [9.17, 15) is 17.2 Å². The maximum Gasteiger partial charge on any atom is 0.291 e. The summed E-state index contributed by atoms with van der Waals surface area (Å²) in [5.74, 6) is 0. The van der Waals surface area contributed by atoms with Crippen LogP contribution in [-0.2, 0) is 19.5 Å². The van der Waals surface area contributed by atoms with Crippen molar-refractivity contribution >= 4 is 32.7 Å². The number of alkyl halides is 2. The van der Waals surface area contributed by atoms with Gasteiger partial charge in [0.15, 0.2) is 15.7 Å². The topological polar surface area (TPSA) is 111 Å². The van der Waals surface area contributed by atoms with Gasteiger partial charge in [-0.2, -0.15) is 0 Å². The predicted octanol–water partition coefficient (Wildman–Crippen LogP) is 2.72. The molecule has 1 aliphatic heterocycles. The van der Waals surface area contributed by atoms with Crippen molar-refractivity contribution in [3.63, 3.8) is 0 Å². The molecule has 2 aliphatic rings. The van der Waals surface area contributed by atoms with Gasteiger partial charge in [-0.15, -0.1) is 10.2 Å². The molecule has 0 unspecified atom stereocenters. The van der Waals surface area contributed by atoms with Crippen molar-refractivity contribution in [2.24, 2.45) is 0 Å². The van der Waals surface area contributed by atoms with Crippen LogP contribution >= 0.6 is 11.3 Å². The standard InChI is InChI=1S/C20H24F2N6O4S2.H2/c1-20(3-4-20)26-34(29,30)13-7-14(27-5-6-32-12(9-27)11-31-2)17-23-8-15(28(17)10-13)18-24-25-19(33-18)16(21)22;/h7-8,10,12,16,26H,3-6,9,11H2,1-2H3;1H/t12-;/m0./s1. The molecule has 1 aliphatic carbocycles. The fourth-order valence-electron chi connectivity index (χ4n) is 3.91. The van der Waals surface area contributed by atoms with Gasteiger partial charge in [-0.25, -0.2) is 26.9 Å². The Morgan fingerprint density at radius 3 is 2.88 bits per heavy atom. The van der Waals surface area contributed by atoms with E-state index in [0.717, 1.165) is 24.2 Å². The first-order valence-corrected chi connectivity index (χ1v) is 13.0. The zero-order valence-electron chi connectivity index (χ0n) is 18.6. The molecular weight excluding hydrogens is 490 g/mol. The van der Waals surface area contributed by atoms with Crippen molar-refractivity contribution in [1.29, 1.82) is 0 Å². The predicted molar refractivity (Wildman–Crippen MR) is 123 cm³/mol. The van der Waals surface area contributed by atoms with E-state index in [2.05, 4.69) is 19.9 Å². The molecule has 1 N–H and O–H groups in total. The SMILES string of the molecule is COC[C@@H]1CN(c2cc(S(=O)(=O)NC3(C)CC3)cn3c(-c4nnc(C(F)F)s4)cnc23)CCO1.[HH]. The summed E-state index contributed by atoms with van der Waals surface area (Å²) in [7, 11) is -2.26. The van der Waals surface area contributed by atoms with Crippen LogP contribution in [0.2, 0.25) is 0 Å². The number of aromatic nitrogens is 4. The second kappa shape index (κ2) is 8.75. The molecule has 4 heterocycles. The zero-order valence-corrected chi connectivity index (χ0v) is 20.2. The normalized spacial score (nSPS) is 20.4. The monoisotopic (exact) mass is 516 g/mol. The average Bonchev–Trinajstić information content (AvgIpc) is 3.18. The number of hydrogen-bond donors (Lipinski definition) is 1. The van der Waals surface area contributed by atoms with Gasteiger partial charge in [0, 0.05) is 33.4 Å². The molecule has 10 nitrogen and oxygen atoms in total. The van der Waals surface area contributed by atoms with Crippen molar-refractivity contribution in [2.45, 2.75) is 42.7 Å². The highest BCUT2D eigenvalue weighted by Gasteiger charge is 2.41. The van der Waals surface area contributed by atoms with Gasteiger partial charge >= 0.3 is 0 Å². The number of imidazole rings is 1. The summed E-state index contributed by atoms with van der Waals surface area (Å²) >= 11 is 0.747. The molecule has 3 aromatic heterocycles. The molecule has 2 fully saturated rings. The molecule has 1 atom stereocenters. The first-order valence-electron chi connectivity index (χ1n) is 10.7. The summed E-state index contributed by atoms with van der Waals surface area (Å²) in [6.07, 6.45) is 1.54. The van der Waals surface area contributed by atoms with Crippen LogP contribution in [0.3, 0.4) is 0 Å². The molecule has 0 spiro atoms. The Balaban J connectivity index is 0.00000289. The van der Waals surface area contributed by atoms with Crippen LogP contribution in [0.5, 0.6) is 0 Å². The molecule has 3 aromatic rings. The Kier molecular flexibility index (Phi) is 6.04. The minimum Gasteiger partial charge on any atom is -0.382 e. The van der Waals surface area contributed by atoms with Crippen LogP contribution in [0.1, 0.15) is 32.6 Å². The van der Waals surface area contributed by atoms with Crippen molar-refractivity contribution in [1.82, 2.24) is 24.3 Å². The lowest BCUT2D eigenvalue weighted by atomic mass is 10.2. The first kappa shape index (κ1) is 23.5. The van der Waals surface area contributed by atoms with Gasteiger partial charge in [-0.1, -0.05) is 11.3 Å². The number of nitrogens with one attached hydrogen (secondary N) is 1. The van der Waals surface area contributed by atoms with Gasteiger partial charge in [0.05, 0.1) is 31.2 Å². The lowest BCUT2D eigenvalue weighted by Gasteiger charge is -2.34. The molecule has 1 saturated carbocycles. The average molecular weight is 517 g/mol. The number of halogens is 2. The highest BCUT2D eigenvalue weighted by molar-refractivity contribution is 7.89. The molecule has 1 saturated heterocycles. The third kappa shape index (κ3) is 4.52. The largest absolute Gasteiger partial charge is 0.382 e. The van der Waals surface area contributed by atoms with Gasteiger partial charge in [0.1, 0.15) is 10.6 Å². The fraction of sp³-hybridized carbons (Fsp3) is 0.550. The number of hydrogen-bond acceptors (Lipinski definition) is 9. The fourth-order valence-corrected chi connectivity index (χ4v) is 6.09. The van der Waals surface area contributed by atoms with E-state index in [0.29, 0.717) is 43.3 Å². The number of ether oxygens (including phenoxy) is 2. The number of methoxy groups -OCH3 is 1. The molecule has 14 heteroatoms. The van der Waals surface area contributed by atoms with Crippen LogP contribution < -0.4 is 9.62 Å². The van der Waals surface area contributed by atoms with Crippen molar-refractivity contribution < 1.29 is 28.1 Å². The molecule has 5 rings (SSSR count). The number of morpholine rings is 1. The van der Waals surface area contributed by atoms with E-state index >= 15 is 0 Å². The van der Waals surface area contributed by atoms with E-state index in [1.165, 1.54) is 12.4 Å². The van der Waals surface area contributed by atoms with Crippen LogP contribution in [0.4, 0.5) is 14.5 Å². The maximum atomic E-state index is 13.3. The Morgan fingerprint density at radius 1 is 1.41 bits per heavy atom. The van der Waals surface area contributed by atoms with Crippen molar-refractivity contribution in [3.8, 4) is 10.7 Å². The van der Waals surface area contributed by atoms with E-state index < -0.39 is 27.0 Å². The number of sulfonamides is 1. The quantitative estimate of drug-likeness (QED) is 0.487. The number of nitrogens with zero attached hydrogens (tertiary/aromatic N) is 5. The minimum atomic E-state index is -3.85. The third-order valence-corrected chi connectivity index (χ3v) is 8.49. The lowest BCUT2D eigenvalue weighted by Crippen LogP contribution is -2.44. The maximum absolute atomic E-state index is 13.3. The van der Waals surface area contributed by atoms with Crippen LogP contribution in [0.25, 0.3) is 16.3 Å². The molecule has 0 amide bonds. The van der Waals surface area contributed by atoms with E-state index in [4.69, 9.17) is 9.47 Å². The molecule has 186 valence electrons. The second-order valence-corrected chi connectivity index (χ2v) is 11.4. The van der Waals surface area contributed by atoms with Crippen molar-refractivity contribution in [2.75, 3.05) is 38.3 Å². The summed E-state index contributed by atoms with van der Waals surface area (Å²) in [5, 5.41) is 7.25. The zero-order chi connectivity index (χ0) is 24.1. The Morgan fingerprint density at radius 2 is 2.21 bits per heavy atom. The minimum absolute atomic E-state index is 0. The van der Waals surface area contributed by atoms with Gasteiger partial charge < -0.3 is 14.4 Å². The Bertz CT molecular complexity index is 1310. The lowest BCUT2D eigenvalue weighted by molar-refractivity contribution is -0.00998. The molecule has 0 radical (unpaired) electrons. The molecular formula is C20H26F2N6O4S2. The van der Waals surface area contributed by atoms with Gasteiger partial charge in [0.25, 0.3) is 6.43 Å². The highest BCUT2D eigenvalue weighted by atomic mass is 32.2. The summed E-state index contributed by atoms with van der Waals surface area (Å²) in [6, 6.07) is 1.60. The van der Waals surface area contributed by atoms with Gasteiger partial charge in [0.2, 0.25) is 10.0 Å². The molecule has 0 bridgehead atoms. The molecule has 34 heavy (non-hydrogen) atoms. The number of pyridine rings is 1. The van der Waals surface area contributed by atoms with E-state index in [1.807, 2.05) is 11.8 Å². The molecule has 0 aromatic carbocycles. The van der Waals surface area contributed by atoms with Crippen LogP contribution in [0, 0.1) is 0 Å². The van der Waals surface area contributed by atoms with E-state index in [-0.39, 0.29) is 17.4 Å². The van der Waals surface area contributed by atoms with Gasteiger partial charge in [-0.05, 0) is 25.8 Å². The highest BCUT2D eigenvalue weighted by Crippen LogP contribution is 2.37. The second-order valence-electron chi connectivity index (χ2n) is 8.70. The first-order chi connectivity index (χ1) is 16.2. The number of anilines is 1. The summed E-state index contributed by atoms with van der Waals surface area (Å²) in [5.41, 5.74) is 1.01. The number of fused-ring (bicyclic) bond motifs is 1.